The highest BCUT2D eigenvalue weighted by Crippen LogP contribution is 2.49. The van der Waals surface area contributed by atoms with Gasteiger partial charge >= 0.3 is 0 Å². The Morgan fingerprint density at radius 3 is 2.60 bits per heavy atom. The van der Waals surface area contributed by atoms with Crippen molar-refractivity contribution in [1.29, 1.82) is 5.26 Å². The number of likely N-dealkylation sites (tertiary alicyclic amines) is 1. The van der Waals surface area contributed by atoms with Crippen molar-refractivity contribution in [2.24, 2.45) is 5.41 Å². The maximum absolute atomic E-state index is 9.55. The third-order valence-electron chi connectivity index (χ3n) is 5.60. The van der Waals surface area contributed by atoms with E-state index in [2.05, 4.69) is 48.3 Å². The van der Waals surface area contributed by atoms with Crippen LogP contribution in [0.25, 0.3) is 0 Å². The molecule has 0 amide bonds. The van der Waals surface area contributed by atoms with Gasteiger partial charge in [0.1, 0.15) is 17.5 Å². The summed E-state index contributed by atoms with van der Waals surface area (Å²) in [6.45, 7) is 9.40. The number of likely N-dealkylation sites (N-methyl/N-ethyl adjacent to an activating group) is 1. The van der Waals surface area contributed by atoms with Crippen molar-refractivity contribution in [2.75, 3.05) is 38.1 Å². The topological polar surface area (TPSA) is 97.6 Å². The number of aromatic amines is 1. The lowest BCUT2D eigenvalue weighted by molar-refractivity contribution is 0.191. The molecule has 8 heteroatoms. The van der Waals surface area contributed by atoms with Crippen LogP contribution in [0.2, 0.25) is 0 Å². The fraction of sp³-hybridized carbons (Fsp3) is 0.588. The summed E-state index contributed by atoms with van der Waals surface area (Å²) in [7, 11) is 2.14. The van der Waals surface area contributed by atoms with Gasteiger partial charge < -0.3 is 9.80 Å². The molecule has 2 fully saturated rings. The Labute approximate surface area is 146 Å². The van der Waals surface area contributed by atoms with Gasteiger partial charge in [-0.15, -0.1) is 5.10 Å². The van der Waals surface area contributed by atoms with Crippen molar-refractivity contribution in [3.05, 3.63) is 28.5 Å². The van der Waals surface area contributed by atoms with Crippen LogP contribution in [0, 0.1) is 37.5 Å². The van der Waals surface area contributed by atoms with Crippen molar-refractivity contribution < 1.29 is 0 Å². The van der Waals surface area contributed by atoms with Gasteiger partial charge in [0.25, 0.3) is 0 Å². The highest BCUT2D eigenvalue weighted by Gasteiger charge is 2.56. The number of hydrogen-bond donors (Lipinski definition) is 1. The normalized spacial score (nSPS) is 22.2. The summed E-state index contributed by atoms with van der Waals surface area (Å²) in [5.41, 5.74) is 2.47. The van der Waals surface area contributed by atoms with Crippen molar-refractivity contribution in [2.45, 2.75) is 26.7 Å². The van der Waals surface area contributed by atoms with Crippen LogP contribution >= 0.6 is 0 Å². The molecule has 25 heavy (non-hydrogen) atoms. The van der Waals surface area contributed by atoms with Crippen LogP contribution in [0.15, 0.2) is 0 Å². The van der Waals surface area contributed by atoms with Crippen LogP contribution in [0.1, 0.15) is 34.4 Å². The number of nitrogens with one attached hydrogen (secondary N) is 1. The SMILES string of the molecule is Cc1nc(C2CN(C)CC23CN(c2nnc(C)c(C)c2C#N)C3)n[nH]1. The van der Waals surface area contributed by atoms with E-state index < -0.39 is 0 Å². The molecule has 8 nitrogen and oxygen atoms in total. The van der Waals surface area contributed by atoms with Crippen molar-refractivity contribution in [3.8, 4) is 6.07 Å². The second-order valence-corrected chi connectivity index (χ2v) is 7.47. The van der Waals surface area contributed by atoms with Crippen molar-refractivity contribution in [3.63, 3.8) is 0 Å². The fourth-order valence-electron chi connectivity index (χ4n) is 4.22. The predicted molar refractivity (Wildman–Crippen MR) is 92.2 cm³/mol. The third kappa shape index (κ3) is 2.38. The second-order valence-electron chi connectivity index (χ2n) is 7.47. The number of H-pyrrole nitrogens is 1. The molecule has 4 heterocycles. The first-order valence-corrected chi connectivity index (χ1v) is 8.50. The van der Waals surface area contributed by atoms with Crippen molar-refractivity contribution >= 4 is 5.82 Å². The van der Waals surface area contributed by atoms with Gasteiger partial charge in [0.15, 0.2) is 11.6 Å². The van der Waals surface area contributed by atoms with E-state index in [9.17, 15) is 5.26 Å². The van der Waals surface area contributed by atoms with Gasteiger partial charge in [0.05, 0.1) is 5.69 Å². The van der Waals surface area contributed by atoms with Gasteiger partial charge in [0, 0.05) is 37.5 Å². The van der Waals surface area contributed by atoms with Gasteiger partial charge in [-0.25, -0.2) is 4.98 Å². The van der Waals surface area contributed by atoms with E-state index >= 15 is 0 Å². The van der Waals surface area contributed by atoms with E-state index in [1.54, 1.807) is 0 Å². The molecule has 0 aliphatic carbocycles. The molecule has 0 bridgehead atoms. The largest absolute Gasteiger partial charge is 0.353 e. The molecule has 2 aliphatic rings. The lowest BCUT2D eigenvalue weighted by Gasteiger charge is -2.51. The molecular weight excluding hydrogens is 316 g/mol. The van der Waals surface area contributed by atoms with E-state index in [4.69, 9.17) is 0 Å². The molecule has 2 aromatic rings. The molecule has 130 valence electrons. The van der Waals surface area contributed by atoms with Crippen LogP contribution in [-0.2, 0) is 0 Å². The fourth-order valence-corrected chi connectivity index (χ4v) is 4.22. The molecule has 2 saturated heterocycles. The van der Waals surface area contributed by atoms with Gasteiger partial charge in [-0.05, 0) is 33.4 Å². The lowest BCUT2D eigenvalue weighted by Crippen LogP contribution is -2.60. The number of nitriles is 1. The summed E-state index contributed by atoms with van der Waals surface area (Å²) in [5.74, 6) is 2.75. The average molecular weight is 338 g/mol. The molecule has 1 unspecified atom stereocenters. The van der Waals surface area contributed by atoms with Gasteiger partial charge in [-0.1, -0.05) is 0 Å². The zero-order valence-electron chi connectivity index (χ0n) is 15.0. The molecule has 2 aliphatic heterocycles. The highest BCUT2D eigenvalue weighted by molar-refractivity contribution is 5.59. The minimum Gasteiger partial charge on any atom is -0.353 e. The predicted octanol–water partition coefficient (Wildman–Crippen LogP) is 0.927. The molecule has 1 atom stereocenters. The number of aryl methyl sites for hydroxylation is 2. The molecule has 0 radical (unpaired) electrons. The summed E-state index contributed by atoms with van der Waals surface area (Å²) in [6.07, 6.45) is 0. The lowest BCUT2D eigenvalue weighted by atomic mass is 9.71. The Morgan fingerprint density at radius 2 is 1.96 bits per heavy atom. The van der Waals surface area contributed by atoms with Gasteiger partial charge in [-0.3, -0.25) is 5.10 Å². The van der Waals surface area contributed by atoms with E-state index in [-0.39, 0.29) is 5.41 Å². The van der Waals surface area contributed by atoms with Crippen LogP contribution in [0.5, 0.6) is 0 Å². The molecule has 2 aromatic heterocycles. The number of hydrogen-bond acceptors (Lipinski definition) is 7. The molecular formula is C17H22N8. The number of nitrogens with zero attached hydrogens (tertiary/aromatic N) is 7. The van der Waals surface area contributed by atoms with Crippen LogP contribution in [0.4, 0.5) is 5.82 Å². The molecule has 1 N–H and O–H groups in total. The number of aromatic nitrogens is 5. The average Bonchev–Trinajstić information content (AvgIpc) is 3.11. The highest BCUT2D eigenvalue weighted by atomic mass is 15.3. The first kappa shape index (κ1) is 16.0. The van der Waals surface area contributed by atoms with E-state index in [1.807, 2.05) is 20.8 Å². The zero-order chi connectivity index (χ0) is 17.8. The van der Waals surface area contributed by atoms with Gasteiger partial charge in [-0.2, -0.15) is 15.5 Å². The summed E-state index contributed by atoms with van der Waals surface area (Å²) in [6, 6.07) is 2.30. The maximum atomic E-state index is 9.55. The summed E-state index contributed by atoms with van der Waals surface area (Å²) in [5, 5.41) is 25.4. The summed E-state index contributed by atoms with van der Waals surface area (Å²) in [4.78, 5) is 9.08. The summed E-state index contributed by atoms with van der Waals surface area (Å²) >= 11 is 0. The first-order valence-electron chi connectivity index (χ1n) is 8.50. The maximum Gasteiger partial charge on any atom is 0.169 e. The Bertz CT molecular complexity index is 858. The van der Waals surface area contributed by atoms with Crippen LogP contribution in [0.3, 0.4) is 0 Å². The minimum atomic E-state index is 0.108. The Balaban J connectivity index is 1.62. The van der Waals surface area contributed by atoms with Crippen LogP contribution < -0.4 is 4.90 Å². The molecule has 4 rings (SSSR count). The first-order chi connectivity index (χ1) is 11.9. The smallest absolute Gasteiger partial charge is 0.169 e. The zero-order valence-corrected chi connectivity index (χ0v) is 15.0. The third-order valence-corrected chi connectivity index (χ3v) is 5.60. The standard InChI is InChI=1S/C17H22N8/c1-10-11(2)20-23-16(13(10)5-18)25-8-17(9-25)7-24(4)6-14(17)15-19-12(3)21-22-15/h14H,6-9H2,1-4H3,(H,19,21,22). The van der Waals surface area contributed by atoms with E-state index in [0.717, 1.165) is 49.1 Å². The molecule has 0 aromatic carbocycles. The van der Waals surface area contributed by atoms with Crippen LogP contribution in [-0.4, -0.2) is 63.5 Å². The van der Waals surface area contributed by atoms with E-state index in [1.165, 1.54) is 0 Å². The Morgan fingerprint density at radius 1 is 1.20 bits per heavy atom. The van der Waals surface area contributed by atoms with E-state index in [0.29, 0.717) is 17.3 Å². The number of anilines is 1. The monoisotopic (exact) mass is 338 g/mol. The minimum absolute atomic E-state index is 0.108. The molecule has 1 spiro atoms. The second kappa shape index (κ2) is 5.49. The number of rotatable bonds is 2. The summed E-state index contributed by atoms with van der Waals surface area (Å²) < 4.78 is 0. The Kier molecular flexibility index (Phi) is 3.51. The van der Waals surface area contributed by atoms with Crippen molar-refractivity contribution in [1.82, 2.24) is 30.3 Å². The quantitative estimate of drug-likeness (QED) is 0.869. The van der Waals surface area contributed by atoms with Gasteiger partial charge in [0.2, 0.25) is 0 Å². The molecule has 0 saturated carbocycles. The Hall–Kier alpha value is -2.53.